The molecular weight excluding hydrogens is 362 g/mol. The third-order valence-electron chi connectivity index (χ3n) is 4.13. The highest BCUT2D eigenvalue weighted by atomic mass is 16.2. The number of aromatic nitrogens is 2. The van der Waals surface area contributed by atoms with E-state index in [0.29, 0.717) is 23.7 Å². The minimum absolute atomic E-state index is 0.0320. The van der Waals surface area contributed by atoms with Crippen LogP contribution in [0.25, 0.3) is 10.8 Å². The molecule has 3 amide bonds. The quantitative estimate of drug-likeness (QED) is 0.631. The van der Waals surface area contributed by atoms with Gasteiger partial charge in [-0.15, -0.1) is 0 Å². The van der Waals surface area contributed by atoms with Crippen LogP contribution in [0.15, 0.2) is 29.1 Å². The van der Waals surface area contributed by atoms with Gasteiger partial charge in [0.1, 0.15) is 6.04 Å². The summed E-state index contributed by atoms with van der Waals surface area (Å²) in [5.41, 5.74) is 4.40. The highest BCUT2D eigenvalue weighted by molar-refractivity contribution is 6.05. The molecule has 1 heterocycles. The second-order valence-electron chi connectivity index (χ2n) is 6.79. The summed E-state index contributed by atoms with van der Waals surface area (Å²) >= 11 is 0. The summed E-state index contributed by atoms with van der Waals surface area (Å²) in [6.07, 6.45) is 0.676. The van der Waals surface area contributed by atoms with Gasteiger partial charge < -0.3 is 5.32 Å². The van der Waals surface area contributed by atoms with Crippen LogP contribution >= 0.6 is 0 Å². The van der Waals surface area contributed by atoms with E-state index in [2.05, 4.69) is 21.3 Å². The van der Waals surface area contributed by atoms with Gasteiger partial charge in [-0.1, -0.05) is 39.0 Å². The summed E-state index contributed by atoms with van der Waals surface area (Å²) in [4.78, 5) is 48.7. The third-order valence-corrected chi connectivity index (χ3v) is 4.13. The Morgan fingerprint density at radius 2 is 1.75 bits per heavy atom. The van der Waals surface area contributed by atoms with E-state index in [4.69, 9.17) is 0 Å². The van der Waals surface area contributed by atoms with Gasteiger partial charge in [0.2, 0.25) is 5.91 Å². The molecule has 1 aromatic carbocycles. The fraction of sp³-hybridized carbons (Fsp3) is 0.421. The highest BCUT2D eigenvalue weighted by Crippen LogP contribution is 2.13. The average molecular weight is 387 g/mol. The molecule has 2 aromatic rings. The van der Waals surface area contributed by atoms with Crippen LogP contribution in [0.4, 0.5) is 0 Å². The molecule has 3 N–H and O–H groups in total. The summed E-state index contributed by atoms with van der Waals surface area (Å²) in [7, 11) is 0. The normalized spacial score (nSPS) is 11.9. The monoisotopic (exact) mass is 387 g/mol. The van der Waals surface area contributed by atoms with Crippen molar-refractivity contribution in [3.63, 3.8) is 0 Å². The van der Waals surface area contributed by atoms with Gasteiger partial charge in [-0.25, -0.2) is 4.68 Å². The largest absolute Gasteiger partial charge is 0.344 e. The number of nitrogens with one attached hydrogen (secondary N) is 3. The maximum Gasteiger partial charge on any atom is 0.290 e. The summed E-state index contributed by atoms with van der Waals surface area (Å²) in [5, 5.41) is 7.48. The molecule has 0 aliphatic carbocycles. The summed E-state index contributed by atoms with van der Waals surface area (Å²) in [5.74, 6) is -1.73. The first kappa shape index (κ1) is 21.1. The van der Waals surface area contributed by atoms with E-state index in [0.717, 1.165) is 0 Å². The number of rotatable bonds is 6. The molecule has 0 saturated carbocycles. The Bertz CT molecular complexity index is 951. The molecule has 1 aromatic heterocycles. The number of hydrogen-bond acceptors (Lipinski definition) is 5. The van der Waals surface area contributed by atoms with Gasteiger partial charge >= 0.3 is 0 Å². The van der Waals surface area contributed by atoms with Crippen LogP contribution in [0.1, 0.15) is 44.6 Å². The maximum atomic E-state index is 12.7. The van der Waals surface area contributed by atoms with Gasteiger partial charge in [0, 0.05) is 18.9 Å². The van der Waals surface area contributed by atoms with E-state index in [1.807, 2.05) is 6.92 Å². The van der Waals surface area contributed by atoms with Gasteiger partial charge in [-0.05, 0) is 18.4 Å². The minimum Gasteiger partial charge on any atom is -0.344 e. The van der Waals surface area contributed by atoms with Crippen LogP contribution in [0.5, 0.6) is 0 Å². The zero-order chi connectivity index (χ0) is 20.8. The molecule has 0 fully saturated rings. The second kappa shape index (κ2) is 9.12. The topological polar surface area (TPSA) is 122 Å². The SMILES string of the molecule is CCCn1nc(C(=O)NNC(=O)[C@@H](NC(C)=O)C(C)C)c2ccccc2c1=O. The number of carbonyl (C=O) groups is 3. The first-order valence-corrected chi connectivity index (χ1v) is 9.13. The lowest BCUT2D eigenvalue weighted by Gasteiger charge is -2.21. The van der Waals surface area contributed by atoms with E-state index < -0.39 is 17.9 Å². The number of hydrazine groups is 1. The molecule has 2 rings (SSSR count). The van der Waals surface area contributed by atoms with E-state index >= 15 is 0 Å². The zero-order valence-corrected chi connectivity index (χ0v) is 16.4. The van der Waals surface area contributed by atoms with Crippen LogP contribution in [-0.4, -0.2) is 33.5 Å². The number of amides is 3. The lowest BCUT2D eigenvalue weighted by molar-refractivity contribution is -0.129. The molecule has 28 heavy (non-hydrogen) atoms. The molecule has 0 bridgehead atoms. The number of fused-ring (bicyclic) bond motifs is 1. The molecule has 0 radical (unpaired) electrons. The second-order valence-corrected chi connectivity index (χ2v) is 6.79. The van der Waals surface area contributed by atoms with Crippen LogP contribution in [0, 0.1) is 5.92 Å². The molecule has 0 saturated heterocycles. The molecular formula is C19H25N5O4. The Balaban J connectivity index is 2.28. The molecule has 0 aliphatic heterocycles. The number of hydrogen-bond donors (Lipinski definition) is 3. The Kier molecular flexibility index (Phi) is 6.86. The molecule has 9 heteroatoms. The molecule has 0 aliphatic rings. The summed E-state index contributed by atoms with van der Waals surface area (Å²) < 4.78 is 1.24. The number of aryl methyl sites for hydroxylation is 1. The Labute approximate surface area is 162 Å². The van der Waals surface area contributed by atoms with Gasteiger partial charge in [-0.2, -0.15) is 5.10 Å². The molecule has 0 spiro atoms. The molecule has 9 nitrogen and oxygen atoms in total. The van der Waals surface area contributed by atoms with Crippen molar-refractivity contribution >= 4 is 28.5 Å². The summed E-state index contributed by atoms with van der Waals surface area (Å²) in [6, 6.07) is 5.88. The zero-order valence-electron chi connectivity index (χ0n) is 16.4. The Morgan fingerprint density at radius 1 is 1.11 bits per heavy atom. The summed E-state index contributed by atoms with van der Waals surface area (Å²) in [6.45, 7) is 7.13. The van der Waals surface area contributed by atoms with Crippen molar-refractivity contribution in [2.24, 2.45) is 5.92 Å². The minimum atomic E-state index is -0.795. The van der Waals surface area contributed by atoms with Crippen molar-refractivity contribution in [2.75, 3.05) is 0 Å². The fourth-order valence-corrected chi connectivity index (χ4v) is 2.78. The van der Waals surface area contributed by atoms with E-state index in [1.165, 1.54) is 11.6 Å². The third kappa shape index (κ3) is 4.73. The smallest absolute Gasteiger partial charge is 0.290 e. The van der Waals surface area contributed by atoms with Crippen molar-refractivity contribution in [1.29, 1.82) is 0 Å². The van der Waals surface area contributed by atoms with Crippen molar-refractivity contribution in [1.82, 2.24) is 25.9 Å². The van der Waals surface area contributed by atoms with Crippen LogP contribution in [0.3, 0.4) is 0 Å². The molecule has 1 atom stereocenters. The first-order chi connectivity index (χ1) is 13.3. The lowest BCUT2D eigenvalue weighted by atomic mass is 10.0. The van der Waals surface area contributed by atoms with Crippen LogP contribution < -0.4 is 21.7 Å². The molecule has 0 unspecified atom stereocenters. The number of nitrogens with zero attached hydrogens (tertiary/aromatic N) is 2. The predicted octanol–water partition coefficient (Wildman–Crippen LogP) is 0.728. The predicted molar refractivity (Wildman–Crippen MR) is 104 cm³/mol. The van der Waals surface area contributed by atoms with Crippen LogP contribution in [0.2, 0.25) is 0 Å². The lowest BCUT2D eigenvalue weighted by Crippen LogP contribution is -2.54. The van der Waals surface area contributed by atoms with Crippen molar-refractivity contribution < 1.29 is 14.4 Å². The van der Waals surface area contributed by atoms with Crippen molar-refractivity contribution in [2.45, 2.75) is 46.7 Å². The van der Waals surface area contributed by atoms with Gasteiger partial charge in [0.05, 0.1) is 5.39 Å². The number of carbonyl (C=O) groups excluding carboxylic acids is 3. The molecule has 150 valence electrons. The average Bonchev–Trinajstić information content (AvgIpc) is 2.66. The van der Waals surface area contributed by atoms with Crippen LogP contribution in [-0.2, 0) is 16.1 Å². The van der Waals surface area contributed by atoms with Crippen molar-refractivity contribution in [3.8, 4) is 0 Å². The van der Waals surface area contributed by atoms with E-state index in [9.17, 15) is 19.2 Å². The number of benzene rings is 1. The standard InChI is InChI=1S/C19H25N5O4/c1-5-10-24-19(28)14-9-7-6-8-13(14)16(23-24)18(27)22-21-17(26)15(11(2)3)20-12(4)25/h6-9,11,15H,5,10H2,1-4H3,(H,20,25)(H,21,26)(H,22,27)/t15-/m0/s1. The van der Waals surface area contributed by atoms with Crippen molar-refractivity contribution in [3.05, 3.63) is 40.3 Å². The van der Waals surface area contributed by atoms with Gasteiger partial charge in [0.15, 0.2) is 5.69 Å². The highest BCUT2D eigenvalue weighted by Gasteiger charge is 2.24. The Morgan fingerprint density at radius 3 is 2.32 bits per heavy atom. The Hall–Kier alpha value is -3.23. The van der Waals surface area contributed by atoms with E-state index in [-0.39, 0.29) is 23.1 Å². The maximum absolute atomic E-state index is 12.7. The van der Waals surface area contributed by atoms with E-state index in [1.54, 1.807) is 38.1 Å². The first-order valence-electron chi connectivity index (χ1n) is 9.13. The van der Waals surface area contributed by atoms with Gasteiger partial charge in [0.25, 0.3) is 17.4 Å². The fourth-order valence-electron chi connectivity index (χ4n) is 2.78. The van der Waals surface area contributed by atoms with Gasteiger partial charge in [-0.3, -0.25) is 30.0 Å².